The van der Waals surface area contributed by atoms with Gasteiger partial charge in [-0.15, -0.1) is 0 Å². The van der Waals surface area contributed by atoms with Gasteiger partial charge in [0.25, 0.3) is 0 Å². The maximum atomic E-state index is 11.2. The second kappa shape index (κ2) is 5.02. The first-order valence-electron chi connectivity index (χ1n) is 4.70. The van der Waals surface area contributed by atoms with Crippen molar-refractivity contribution in [2.75, 3.05) is 13.2 Å². The Kier molecular flexibility index (Phi) is 3.96. The molecule has 1 atom stereocenters. The molecule has 0 N–H and O–H groups in total. The normalized spacial score (nSPS) is 20.5. The molecule has 3 heteroatoms. The van der Waals surface area contributed by atoms with E-state index in [1.54, 1.807) is 0 Å². The van der Waals surface area contributed by atoms with Crippen LogP contribution in [0.2, 0.25) is 0 Å². The molecule has 0 aromatic rings. The fourth-order valence-electron chi connectivity index (χ4n) is 1.10. The van der Waals surface area contributed by atoms with Gasteiger partial charge in [0.1, 0.15) is 0 Å². The number of carbonyl (C=O) groups is 1. The average Bonchev–Trinajstić information content (AvgIpc) is 2.06. The number of hydrogen-bond acceptors (Lipinski definition) is 3. The van der Waals surface area contributed by atoms with Crippen LogP contribution in [-0.4, -0.2) is 25.3 Å². The Morgan fingerprint density at radius 1 is 1.69 bits per heavy atom. The fraction of sp³-hybridized carbons (Fsp3) is 0.700. The first-order chi connectivity index (χ1) is 6.24. The lowest BCUT2D eigenvalue weighted by Crippen LogP contribution is -2.28. The summed E-state index contributed by atoms with van der Waals surface area (Å²) in [5.41, 5.74) is 0.526. The molecular formula is C10H16O3. The van der Waals surface area contributed by atoms with E-state index in [0.717, 1.165) is 19.4 Å². The molecule has 1 aliphatic rings. The van der Waals surface area contributed by atoms with Crippen molar-refractivity contribution in [3.05, 3.63) is 12.2 Å². The average molecular weight is 184 g/mol. The molecular weight excluding hydrogens is 168 g/mol. The van der Waals surface area contributed by atoms with Crippen molar-refractivity contribution in [1.29, 1.82) is 0 Å². The van der Waals surface area contributed by atoms with Gasteiger partial charge >= 0.3 is 5.97 Å². The quantitative estimate of drug-likeness (QED) is 0.481. The van der Waals surface area contributed by atoms with Crippen molar-refractivity contribution in [2.45, 2.75) is 32.3 Å². The molecule has 0 aromatic carbocycles. The summed E-state index contributed by atoms with van der Waals surface area (Å²) in [4.78, 5) is 11.2. The Labute approximate surface area is 78.7 Å². The third kappa shape index (κ3) is 3.19. The van der Waals surface area contributed by atoms with Crippen LogP contribution in [0.5, 0.6) is 0 Å². The Hall–Kier alpha value is -0.830. The summed E-state index contributed by atoms with van der Waals surface area (Å²) in [7, 11) is 0. The van der Waals surface area contributed by atoms with Crippen LogP contribution >= 0.6 is 0 Å². The fourth-order valence-corrected chi connectivity index (χ4v) is 1.10. The second-order valence-electron chi connectivity index (χ2n) is 3.23. The molecule has 3 nitrogen and oxygen atoms in total. The second-order valence-corrected chi connectivity index (χ2v) is 3.23. The Morgan fingerprint density at radius 2 is 2.38 bits per heavy atom. The molecule has 1 fully saturated rings. The monoisotopic (exact) mass is 184 g/mol. The van der Waals surface area contributed by atoms with E-state index in [-0.39, 0.29) is 12.1 Å². The van der Waals surface area contributed by atoms with E-state index in [0.29, 0.717) is 18.6 Å². The zero-order valence-corrected chi connectivity index (χ0v) is 8.04. The highest BCUT2D eigenvalue weighted by atomic mass is 16.5. The Bertz CT molecular complexity index is 194. The van der Waals surface area contributed by atoms with Gasteiger partial charge in [0, 0.05) is 18.6 Å². The van der Waals surface area contributed by atoms with Crippen LogP contribution < -0.4 is 0 Å². The van der Waals surface area contributed by atoms with Crippen LogP contribution in [-0.2, 0) is 14.3 Å². The van der Waals surface area contributed by atoms with Crippen LogP contribution in [0.1, 0.15) is 26.2 Å². The van der Waals surface area contributed by atoms with Gasteiger partial charge in [-0.05, 0) is 12.8 Å². The van der Waals surface area contributed by atoms with Gasteiger partial charge in [-0.1, -0.05) is 13.5 Å². The largest absolute Gasteiger partial charge is 0.462 e. The summed E-state index contributed by atoms with van der Waals surface area (Å²) < 4.78 is 10.1. The Morgan fingerprint density at radius 3 is 2.85 bits per heavy atom. The predicted molar refractivity (Wildman–Crippen MR) is 49.4 cm³/mol. The molecule has 0 radical (unpaired) electrons. The van der Waals surface area contributed by atoms with Crippen molar-refractivity contribution in [3.63, 3.8) is 0 Å². The molecule has 1 saturated heterocycles. The van der Waals surface area contributed by atoms with E-state index >= 15 is 0 Å². The van der Waals surface area contributed by atoms with Gasteiger partial charge in [0.15, 0.2) is 0 Å². The first kappa shape index (κ1) is 10.3. The summed E-state index contributed by atoms with van der Waals surface area (Å²) in [5.74, 6) is -0.280. The summed E-state index contributed by atoms with van der Waals surface area (Å²) >= 11 is 0. The molecule has 1 aliphatic heterocycles. The molecule has 1 unspecified atom stereocenters. The molecule has 0 aliphatic carbocycles. The highest BCUT2D eigenvalue weighted by Gasteiger charge is 2.21. The van der Waals surface area contributed by atoms with Crippen LogP contribution in [0.3, 0.4) is 0 Å². The maximum absolute atomic E-state index is 11.2. The van der Waals surface area contributed by atoms with Gasteiger partial charge in [0.05, 0.1) is 12.7 Å². The SMILES string of the molecule is C=C(CC1CCO1)C(=O)OCCC. The van der Waals surface area contributed by atoms with Crippen LogP contribution in [0.15, 0.2) is 12.2 Å². The van der Waals surface area contributed by atoms with Crippen LogP contribution in [0.4, 0.5) is 0 Å². The summed E-state index contributed by atoms with van der Waals surface area (Å²) in [6, 6.07) is 0. The topological polar surface area (TPSA) is 35.5 Å². The van der Waals surface area contributed by atoms with Crippen molar-refractivity contribution < 1.29 is 14.3 Å². The van der Waals surface area contributed by atoms with Crippen molar-refractivity contribution in [2.24, 2.45) is 0 Å². The number of esters is 1. The van der Waals surface area contributed by atoms with E-state index in [9.17, 15) is 4.79 Å². The standard InChI is InChI=1S/C10H16O3/c1-3-5-13-10(11)8(2)7-9-4-6-12-9/h9H,2-7H2,1H3. The highest BCUT2D eigenvalue weighted by molar-refractivity contribution is 5.87. The summed E-state index contributed by atoms with van der Waals surface area (Å²) in [6.07, 6.45) is 2.68. The van der Waals surface area contributed by atoms with Gasteiger partial charge in [-0.2, -0.15) is 0 Å². The molecule has 0 saturated carbocycles. The van der Waals surface area contributed by atoms with Crippen molar-refractivity contribution in [1.82, 2.24) is 0 Å². The smallest absolute Gasteiger partial charge is 0.333 e. The zero-order valence-electron chi connectivity index (χ0n) is 8.04. The predicted octanol–water partition coefficient (Wildman–Crippen LogP) is 1.67. The maximum Gasteiger partial charge on any atom is 0.333 e. The number of hydrogen-bond donors (Lipinski definition) is 0. The number of ether oxygens (including phenoxy) is 2. The number of rotatable bonds is 5. The van der Waals surface area contributed by atoms with Crippen molar-refractivity contribution in [3.8, 4) is 0 Å². The lowest BCUT2D eigenvalue weighted by Gasteiger charge is -2.26. The molecule has 1 heterocycles. The molecule has 0 spiro atoms. The highest BCUT2D eigenvalue weighted by Crippen LogP contribution is 2.19. The summed E-state index contributed by atoms with van der Waals surface area (Å²) in [6.45, 7) is 6.92. The van der Waals surface area contributed by atoms with Gasteiger partial charge < -0.3 is 9.47 Å². The van der Waals surface area contributed by atoms with E-state index < -0.39 is 0 Å². The van der Waals surface area contributed by atoms with Gasteiger partial charge in [-0.25, -0.2) is 4.79 Å². The van der Waals surface area contributed by atoms with Crippen LogP contribution in [0.25, 0.3) is 0 Å². The third-order valence-corrected chi connectivity index (χ3v) is 1.99. The lowest BCUT2D eigenvalue weighted by molar-refractivity contribution is -0.140. The third-order valence-electron chi connectivity index (χ3n) is 1.99. The van der Waals surface area contributed by atoms with Crippen molar-refractivity contribution >= 4 is 5.97 Å². The molecule has 0 amide bonds. The molecule has 13 heavy (non-hydrogen) atoms. The molecule has 0 bridgehead atoms. The minimum Gasteiger partial charge on any atom is -0.462 e. The molecule has 74 valence electrons. The minimum absolute atomic E-state index is 0.196. The Balaban J connectivity index is 2.17. The summed E-state index contributed by atoms with van der Waals surface area (Å²) in [5, 5.41) is 0. The van der Waals surface area contributed by atoms with E-state index in [4.69, 9.17) is 9.47 Å². The van der Waals surface area contributed by atoms with E-state index in [2.05, 4.69) is 6.58 Å². The number of carbonyl (C=O) groups excluding carboxylic acids is 1. The molecule has 1 rings (SSSR count). The minimum atomic E-state index is -0.280. The molecule has 0 aromatic heterocycles. The lowest BCUT2D eigenvalue weighted by atomic mass is 10.0. The van der Waals surface area contributed by atoms with E-state index in [1.165, 1.54) is 0 Å². The van der Waals surface area contributed by atoms with Gasteiger partial charge in [-0.3, -0.25) is 0 Å². The first-order valence-corrected chi connectivity index (χ1v) is 4.70. The van der Waals surface area contributed by atoms with Gasteiger partial charge in [0.2, 0.25) is 0 Å². The zero-order chi connectivity index (χ0) is 9.68. The van der Waals surface area contributed by atoms with Crippen LogP contribution in [0, 0.1) is 0 Å². The van der Waals surface area contributed by atoms with E-state index in [1.807, 2.05) is 6.92 Å².